The van der Waals surface area contributed by atoms with Crippen LogP contribution in [0.3, 0.4) is 0 Å². The van der Waals surface area contributed by atoms with Crippen molar-refractivity contribution in [3.05, 3.63) is 44.5 Å². The molecular weight excluding hydrogens is 299 g/mol. The van der Waals surface area contributed by atoms with Gasteiger partial charge in [-0.15, -0.1) is 0 Å². The van der Waals surface area contributed by atoms with Gasteiger partial charge < -0.3 is 9.73 Å². The molecule has 8 nitrogen and oxygen atoms in total. The molecule has 10 heteroatoms. The third-order valence-electron chi connectivity index (χ3n) is 1.90. The number of halogens is 2. The molecule has 0 unspecified atom stereocenters. The molecule has 0 atom stereocenters. The molecule has 19 heavy (non-hydrogen) atoms. The fourth-order valence-electron chi connectivity index (χ4n) is 1.18. The van der Waals surface area contributed by atoms with E-state index in [1.165, 1.54) is 6.07 Å². The summed E-state index contributed by atoms with van der Waals surface area (Å²) >= 11 is 11.2. The minimum Gasteiger partial charge on any atom is -0.395 e. The lowest BCUT2D eigenvalue weighted by Crippen LogP contribution is -2.12. The van der Waals surface area contributed by atoms with Gasteiger partial charge >= 0.3 is 5.88 Å². The van der Waals surface area contributed by atoms with E-state index in [-0.39, 0.29) is 22.0 Å². The molecule has 0 bridgehead atoms. The Balaban J connectivity index is 2.18. The molecule has 2 aromatic rings. The van der Waals surface area contributed by atoms with Crippen LogP contribution in [0.5, 0.6) is 0 Å². The van der Waals surface area contributed by atoms with Crippen LogP contribution in [0.15, 0.2) is 22.6 Å². The Morgan fingerprint density at radius 3 is 2.68 bits per heavy atom. The number of hydrogen-bond acceptors (Lipinski definition) is 6. The lowest BCUT2D eigenvalue weighted by molar-refractivity contribution is -0.402. The Bertz CT molecular complexity index is 637. The highest BCUT2D eigenvalue weighted by molar-refractivity contribution is 6.32. The van der Waals surface area contributed by atoms with Crippen LogP contribution in [0.1, 0.15) is 10.6 Å². The van der Waals surface area contributed by atoms with Crippen LogP contribution >= 0.6 is 23.2 Å². The Hall–Kier alpha value is -2.19. The molecule has 2 aromatic heterocycles. The number of nitro groups is 1. The average molecular weight is 303 g/mol. The molecule has 0 aromatic carbocycles. The summed E-state index contributed by atoms with van der Waals surface area (Å²) < 4.78 is 4.72. The maximum Gasteiger partial charge on any atom is 0.433 e. The van der Waals surface area contributed by atoms with Crippen LogP contribution in [0.25, 0.3) is 0 Å². The zero-order valence-electron chi connectivity index (χ0n) is 8.96. The monoisotopic (exact) mass is 302 g/mol. The second-order valence-corrected chi connectivity index (χ2v) is 3.92. The molecule has 1 amide bonds. The highest BCUT2D eigenvalue weighted by atomic mass is 35.5. The third kappa shape index (κ3) is 3.18. The Morgan fingerprint density at radius 2 is 2.11 bits per heavy atom. The van der Waals surface area contributed by atoms with Crippen LogP contribution in [-0.2, 0) is 0 Å². The summed E-state index contributed by atoms with van der Waals surface area (Å²) in [5, 5.41) is 12.6. The van der Waals surface area contributed by atoms with E-state index < -0.39 is 16.7 Å². The lowest BCUT2D eigenvalue weighted by atomic mass is 10.4. The van der Waals surface area contributed by atoms with E-state index in [4.69, 9.17) is 27.6 Å². The predicted molar refractivity (Wildman–Crippen MR) is 65.4 cm³/mol. The van der Waals surface area contributed by atoms with Crippen LogP contribution in [0.4, 0.5) is 11.7 Å². The topological polar surface area (TPSA) is 111 Å². The second kappa shape index (κ2) is 5.21. The number of rotatable bonds is 3. The second-order valence-electron chi connectivity index (χ2n) is 3.19. The molecule has 0 spiro atoms. The zero-order valence-corrected chi connectivity index (χ0v) is 10.5. The van der Waals surface area contributed by atoms with Gasteiger partial charge in [-0.3, -0.25) is 14.9 Å². The van der Waals surface area contributed by atoms with E-state index in [1.54, 1.807) is 0 Å². The summed E-state index contributed by atoms with van der Waals surface area (Å²) in [6, 6.07) is 3.50. The van der Waals surface area contributed by atoms with Crippen molar-refractivity contribution in [3.63, 3.8) is 0 Å². The predicted octanol–water partition coefficient (Wildman–Crippen LogP) is 2.54. The van der Waals surface area contributed by atoms with Crippen LogP contribution in [0.2, 0.25) is 10.4 Å². The van der Waals surface area contributed by atoms with E-state index in [0.717, 1.165) is 12.1 Å². The van der Waals surface area contributed by atoms with E-state index in [1.807, 2.05) is 0 Å². The number of nitrogens with one attached hydrogen (secondary N) is 1. The number of anilines is 1. The standard InChI is InChI=1S/C9H4Cl2N4O4/c10-5-3-6(14-9(11)12-5)13-8(16)4-1-2-7(19-4)15(17)18/h1-3H,(H,12,13,14,16). The fourth-order valence-corrected chi connectivity index (χ4v) is 1.59. The lowest BCUT2D eigenvalue weighted by Gasteiger charge is -2.02. The van der Waals surface area contributed by atoms with E-state index in [9.17, 15) is 14.9 Å². The van der Waals surface area contributed by atoms with Crippen molar-refractivity contribution in [3.8, 4) is 0 Å². The van der Waals surface area contributed by atoms with Gasteiger partial charge in [0.05, 0.1) is 6.07 Å². The third-order valence-corrected chi connectivity index (χ3v) is 2.27. The highest BCUT2D eigenvalue weighted by Crippen LogP contribution is 2.18. The normalized spacial score (nSPS) is 10.2. The van der Waals surface area contributed by atoms with Crippen molar-refractivity contribution < 1.29 is 14.1 Å². The summed E-state index contributed by atoms with van der Waals surface area (Å²) in [6.45, 7) is 0. The van der Waals surface area contributed by atoms with Crippen molar-refractivity contribution in [2.75, 3.05) is 5.32 Å². The van der Waals surface area contributed by atoms with Gasteiger partial charge in [0, 0.05) is 6.07 Å². The van der Waals surface area contributed by atoms with Crippen molar-refractivity contribution in [1.29, 1.82) is 0 Å². The molecule has 2 heterocycles. The Morgan fingerprint density at radius 1 is 1.37 bits per heavy atom. The van der Waals surface area contributed by atoms with Crippen molar-refractivity contribution in [1.82, 2.24) is 9.97 Å². The first-order valence-electron chi connectivity index (χ1n) is 4.71. The zero-order chi connectivity index (χ0) is 14.0. The van der Waals surface area contributed by atoms with Gasteiger partial charge in [-0.1, -0.05) is 11.6 Å². The molecule has 0 aliphatic heterocycles. The summed E-state index contributed by atoms with van der Waals surface area (Å²) in [7, 11) is 0. The Labute approximate surface area is 115 Å². The van der Waals surface area contributed by atoms with Gasteiger partial charge in [-0.2, -0.15) is 0 Å². The van der Waals surface area contributed by atoms with Crippen LogP contribution < -0.4 is 5.32 Å². The molecule has 0 saturated carbocycles. The van der Waals surface area contributed by atoms with Crippen molar-refractivity contribution in [2.24, 2.45) is 0 Å². The fraction of sp³-hybridized carbons (Fsp3) is 0. The van der Waals surface area contributed by atoms with Crippen molar-refractivity contribution >= 4 is 40.8 Å². The number of hydrogen-bond donors (Lipinski definition) is 1. The van der Waals surface area contributed by atoms with Gasteiger partial charge in [0.15, 0.2) is 5.76 Å². The average Bonchev–Trinajstić information content (AvgIpc) is 2.76. The first kappa shape index (κ1) is 13.2. The highest BCUT2D eigenvalue weighted by Gasteiger charge is 2.18. The van der Waals surface area contributed by atoms with Gasteiger partial charge in [0.2, 0.25) is 5.28 Å². The summed E-state index contributed by atoms with van der Waals surface area (Å²) in [5.74, 6) is -1.45. The van der Waals surface area contributed by atoms with E-state index in [2.05, 4.69) is 15.3 Å². The number of amides is 1. The summed E-state index contributed by atoms with van der Waals surface area (Å²) in [6.07, 6.45) is 0. The quantitative estimate of drug-likeness (QED) is 0.403. The van der Waals surface area contributed by atoms with E-state index >= 15 is 0 Å². The Kier molecular flexibility index (Phi) is 3.63. The van der Waals surface area contributed by atoms with Gasteiger partial charge in [0.25, 0.3) is 5.91 Å². The molecule has 98 valence electrons. The SMILES string of the molecule is O=C(Nc1cc(Cl)nc(Cl)n1)c1ccc([N+](=O)[O-])o1. The van der Waals surface area contributed by atoms with Crippen LogP contribution in [-0.4, -0.2) is 20.8 Å². The molecular formula is C9H4Cl2N4O4. The molecule has 0 aliphatic carbocycles. The summed E-state index contributed by atoms with van der Waals surface area (Å²) in [5.41, 5.74) is 0. The number of aromatic nitrogens is 2. The van der Waals surface area contributed by atoms with Gasteiger partial charge in [-0.05, 0) is 17.7 Å². The number of furan rings is 1. The first-order valence-corrected chi connectivity index (χ1v) is 5.47. The minimum absolute atomic E-state index is 0.0423. The summed E-state index contributed by atoms with van der Waals surface area (Å²) in [4.78, 5) is 28.7. The molecule has 0 radical (unpaired) electrons. The largest absolute Gasteiger partial charge is 0.433 e. The molecule has 0 fully saturated rings. The van der Waals surface area contributed by atoms with Crippen molar-refractivity contribution in [2.45, 2.75) is 0 Å². The molecule has 2 rings (SSSR count). The number of carbonyl (C=O) groups excluding carboxylic acids is 1. The maximum absolute atomic E-state index is 11.7. The molecule has 0 aliphatic rings. The minimum atomic E-state index is -0.755. The van der Waals surface area contributed by atoms with Gasteiger partial charge in [-0.25, -0.2) is 9.97 Å². The van der Waals surface area contributed by atoms with Gasteiger partial charge in [0.1, 0.15) is 15.9 Å². The molecule has 0 saturated heterocycles. The maximum atomic E-state index is 11.7. The smallest absolute Gasteiger partial charge is 0.395 e. The number of nitrogens with zero attached hydrogens (tertiary/aromatic N) is 3. The first-order chi connectivity index (χ1) is 8.95. The van der Waals surface area contributed by atoms with Crippen LogP contribution in [0, 0.1) is 10.1 Å². The van der Waals surface area contributed by atoms with E-state index in [0.29, 0.717) is 0 Å². The number of carbonyl (C=O) groups is 1. The molecule has 1 N–H and O–H groups in total.